The SMILES string of the molecule is Cc1nccn1[C@H]1CCCN(C(=O)CCn2ccc3ccccc32)C1. The van der Waals surface area contributed by atoms with Gasteiger partial charge in [0, 0.05) is 50.2 Å². The minimum absolute atomic E-state index is 0.250. The average molecular weight is 336 g/mol. The van der Waals surface area contributed by atoms with E-state index in [1.165, 1.54) is 10.9 Å². The number of imidazole rings is 1. The molecule has 25 heavy (non-hydrogen) atoms. The Bertz CT molecular complexity index is 879. The predicted molar refractivity (Wildman–Crippen MR) is 98.4 cm³/mol. The van der Waals surface area contributed by atoms with Crippen molar-refractivity contribution in [2.75, 3.05) is 13.1 Å². The van der Waals surface area contributed by atoms with E-state index in [2.05, 4.69) is 38.5 Å². The summed E-state index contributed by atoms with van der Waals surface area (Å²) in [4.78, 5) is 19.1. The third-order valence-corrected chi connectivity index (χ3v) is 5.25. The average Bonchev–Trinajstić information content (AvgIpc) is 3.26. The van der Waals surface area contributed by atoms with Crippen molar-refractivity contribution < 1.29 is 4.79 Å². The Kier molecular flexibility index (Phi) is 4.30. The molecule has 1 aliphatic heterocycles. The first kappa shape index (κ1) is 15.9. The van der Waals surface area contributed by atoms with Crippen LogP contribution in [0.5, 0.6) is 0 Å². The zero-order chi connectivity index (χ0) is 17.2. The topological polar surface area (TPSA) is 43.1 Å². The number of aryl methyl sites for hydroxylation is 2. The molecule has 4 rings (SSSR count). The highest BCUT2D eigenvalue weighted by molar-refractivity contribution is 5.80. The van der Waals surface area contributed by atoms with Gasteiger partial charge in [-0.15, -0.1) is 0 Å². The van der Waals surface area contributed by atoms with Crippen LogP contribution < -0.4 is 0 Å². The third kappa shape index (κ3) is 3.18. The van der Waals surface area contributed by atoms with E-state index in [0.29, 0.717) is 12.5 Å². The molecular formula is C20H24N4O. The predicted octanol–water partition coefficient (Wildman–Crippen LogP) is 3.40. The fraction of sp³-hybridized carbons (Fsp3) is 0.400. The van der Waals surface area contributed by atoms with Crippen molar-refractivity contribution in [1.82, 2.24) is 19.0 Å². The summed E-state index contributed by atoms with van der Waals surface area (Å²) >= 11 is 0. The Morgan fingerprint density at radius 3 is 2.96 bits per heavy atom. The van der Waals surface area contributed by atoms with Gasteiger partial charge >= 0.3 is 0 Å². The number of aromatic nitrogens is 3. The molecule has 5 nitrogen and oxygen atoms in total. The van der Waals surface area contributed by atoms with Gasteiger partial charge in [-0.1, -0.05) is 18.2 Å². The Labute approximate surface area is 147 Å². The van der Waals surface area contributed by atoms with Crippen molar-refractivity contribution in [1.29, 1.82) is 0 Å². The molecule has 1 amide bonds. The fourth-order valence-corrected chi connectivity index (χ4v) is 3.89. The molecule has 0 unspecified atom stereocenters. The van der Waals surface area contributed by atoms with Gasteiger partial charge in [-0.2, -0.15) is 0 Å². The fourth-order valence-electron chi connectivity index (χ4n) is 3.89. The van der Waals surface area contributed by atoms with Crippen LogP contribution in [0.4, 0.5) is 0 Å². The largest absolute Gasteiger partial charge is 0.347 e. The summed E-state index contributed by atoms with van der Waals surface area (Å²) in [6.07, 6.45) is 8.66. The molecule has 0 aliphatic carbocycles. The van der Waals surface area contributed by atoms with Gasteiger partial charge in [0.15, 0.2) is 0 Å². The number of hydrogen-bond donors (Lipinski definition) is 0. The highest BCUT2D eigenvalue weighted by atomic mass is 16.2. The molecule has 0 saturated carbocycles. The van der Waals surface area contributed by atoms with Crippen molar-refractivity contribution in [2.24, 2.45) is 0 Å². The van der Waals surface area contributed by atoms with Crippen LogP contribution >= 0.6 is 0 Å². The van der Waals surface area contributed by atoms with Crippen LogP contribution in [0.15, 0.2) is 48.9 Å². The summed E-state index contributed by atoms with van der Waals surface area (Å²) in [5, 5.41) is 1.23. The first-order valence-corrected chi connectivity index (χ1v) is 9.03. The van der Waals surface area contributed by atoms with E-state index in [-0.39, 0.29) is 5.91 Å². The van der Waals surface area contributed by atoms with Crippen LogP contribution in [-0.4, -0.2) is 38.0 Å². The van der Waals surface area contributed by atoms with Gasteiger partial charge in [-0.05, 0) is 37.3 Å². The van der Waals surface area contributed by atoms with E-state index in [1.807, 2.05) is 36.4 Å². The molecule has 1 saturated heterocycles. The number of rotatable bonds is 4. The Morgan fingerprint density at radius 2 is 2.12 bits per heavy atom. The summed E-state index contributed by atoms with van der Waals surface area (Å²) in [5.41, 5.74) is 1.20. The normalized spacial score (nSPS) is 18.0. The van der Waals surface area contributed by atoms with Crippen LogP contribution in [0, 0.1) is 6.92 Å². The summed E-state index contributed by atoms with van der Waals surface area (Å²) in [6.45, 7) is 4.42. The van der Waals surface area contributed by atoms with Crippen molar-refractivity contribution in [3.8, 4) is 0 Å². The standard InChI is InChI=1S/C20H24N4O/c1-16-21-10-14-24(16)18-6-4-11-23(15-18)20(25)9-13-22-12-8-17-5-2-3-7-19(17)22/h2-3,5,7-8,10,12,14,18H,4,6,9,11,13,15H2,1H3/t18-/m0/s1. The lowest BCUT2D eigenvalue weighted by Gasteiger charge is -2.34. The molecule has 1 aliphatic rings. The van der Waals surface area contributed by atoms with Crippen LogP contribution in [0.25, 0.3) is 10.9 Å². The second-order valence-electron chi connectivity index (χ2n) is 6.84. The lowest BCUT2D eigenvalue weighted by atomic mass is 10.0. The first-order chi connectivity index (χ1) is 12.2. The van der Waals surface area contributed by atoms with Gasteiger partial charge < -0.3 is 14.0 Å². The summed E-state index contributed by atoms with van der Waals surface area (Å²) in [5.74, 6) is 1.28. The molecule has 2 aromatic heterocycles. The zero-order valence-electron chi connectivity index (χ0n) is 14.6. The Balaban J connectivity index is 1.40. The van der Waals surface area contributed by atoms with E-state index in [1.54, 1.807) is 0 Å². The molecule has 1 aromatic carbocycles. The smallest absolute Gasteiger partial charge is 0.224 e. The quantitative estimate of drug-likeness (QED) is 0.733. The van der Waals surface area contributed by atoms with Crippen LogP contribution in [0.3, 0.4) is 0 Å². The molecule has 0 N–H and O–H groups in total. The van der Waals surface area contributed by atoms with Crippen molar-refractivity contribution >= 4 is 16.8 Å². The maximum Gasteiger partial charge on any atom is 0.224 e. The molecule has 130 valence electrons. The number of likely N-dealkylation sites (tertiary alicyclic amines) is 1. The van der Waals surface area contributed by atoms with E-state index < -0.39 is 0 Å². The lowest BCUT2D eigenvalue weighted by molar-refractivity contribution is -0.133. The van der Waals surface area contributed by atoms with Gasteiger partial charge in [0.1, 0.15) is 5.82 Å². The molecule has 1 fully saturated rings. The van der Waals surface area contributed by atoms with Gasteiger partial charge in [-0.25, -0.2) is 4.98 Å². The lowest BCUT2D eigenvalue weighted by Crippen LogP contribution is -2.41. The number of piperidine rings is 1. The molecular weight excluding hydrogens is 312 g/mol. The maximum absolute atomic E-state index is 12.7. The second kappa shape index (κ2) is 6.75. The molecule has 0 bridgehead atoms. The monoisotopic (exact) mass is 336 g/mol. The maximum atomic E-state index is 12.7. The van der Waals surface area contributed by atoms with E-state index in [0.717, 1.165) is 38.3 Å². The van der Waals surface area contributed by atoms with Gasteiger partial charge in [0.2, 0.25) is 5.91 Å². The minimum atomic E-state index is 0.250. The van der Waals surface area contributed by atoms with Gasteiger partial charge in [0.05, 0.1) is 6.04 Å². The van der Waals surface area contributed by atoms with Gasteiger partial charge in [0.25, 0.3) is 0 Å². The number of para-hydroxylation sites is 1. The molecule has 0 radical (unpaired) electrons. The minimum Gasteiger partial charge on any atom is -0.347 e. The van der Waals surface area contributed by atoms with Crippen molar-refractivity contribution in [3.63, 3.8) is 0 Å². The number of amides is 1. The molecule has 0 spiro atoms. The number of carbonyl (C=O) groups excluding carboxylic acids is 1. The molecule has 3 heterocycles. The summed E-state index contributed by atoms with van der Waals surface area (Å²) < 4.78 is 4.38. The molecule has 1 atom stereocenters. The van der Waals surface area contributed by atoms with Crippen LogP contribution in [-0.2, 0) is 11.3 Å². The van der Waals surface area contributed by atoms with Crippen LogP contribution in [0.2, 0.25) is 0 Å². The van der Waals surface area contributed by atoms with Gasteiger partial charge in [-0.3, -0.25) is 4.79 Å². The first-order valence-electron chi connectivity index (χ1n) is 9.03. The van der Waals surface area contributed by atoms with E-state index in [4.69, 9.17) is 0 Å². The van der Waals surface area contributed by atoms with E-state index in [9.17, 15) is 4.79 Å². The molecule has 5 heteroatoms. The number of fused-ring (bicyclic) bond motifs is 1. The summed E-state index contributed by atoms with van der Waals surface area (Å²) in [6, 6.07) is 10.8. The van der Waals surface area contributed by atoms with Crippen LogP contribution in [0.1, 0.15) is 31.1 Å². The number of nitrogens with zero attached hydrogens (tertiary/aromatic N) is 4. The van der Waals surface area contributed by atoms with Crippen molar-refractivity contribution in [3.05, 3.63) is 54.7 Å². The zero-order valence-corrected chi connectivity index (χ0v) is 14.6. The third-order valence-electron chi connectivity index (χ3n) is 5.25. The Morgan fingerprint density at radius 1 is 1.24 bits per heavy atom. The Hall–Kier alpha value is -2.56. The highest BCUT2D eigenvalue weighted by Crippen LogP contribution is 2.23. The highest BCUT2D eigenvalue weighted by Gasteiger charge is 2.25. The summed E-state index contributed by atoms with van der Waals surface area (Å²) in [7, 11) is 0. The number of hydrogen-bond acceptors (Lipinski definition) is 2. The van der Waals surface area contributed by atoms with E-state index >= 15 is 0 Å². The molecule has 3 aromatic rings. The van der Waals surface area contributed by atoms with Crippen molar-refractivity contribution in [2.45, 2.75) is 38.8 Å². The number of benzene rings is 1. The number of carbonyl (C=O) groups is 1. The second-order valence-corrected chi connectivity index (χ2v) is 6.84.